The molecule has 1 aliphatic heterocycles. The Balaban J connectivity index is 2.15. The van der Waals surface area contributed by atoms with E-state index in [1.807, 2.05) is 6.07 Å². The maximum absolute atomic E-state index is 5.73. The van der Waals surface area contributed by atoms with Gasteiger partial charge >= 0.3 is 0 Å². The molecule has 1 aliphatic rings. The van der Waals surface area contributed by atoms with Gasteiger partial charge in [0.2, 0.25) is 0 Å². The van der Waals surface area contributed by atoms with Crippen molar-refractivity contribution in [2.24, 2.45) is 5.92 Å². The van der Waals surface area contributed by atoms with E-state index in [0.717, 1.165) is 36.2 Å². The maximum atomic E-state index is 5.73. The lowest BCUT2D eigenvalue weighted by atomic mass is 9.89. The van der Waals surface area contributed by atoms with Gasteiger partial charge in [-0.2, -0.15) is 0 Å². The van der Waals surface area contributed by atoms with Gasteiger partial charge in [-0.25, -0.2) is 0 Å². The number of nitrogens with one attached hydrogen (secondary N) is 1. The number of hydrogen-bond donors (Lipinski definition) is 1. The summed E-state index contributed by atoms with van der Waals surface area (Å²) in [5, 5.41) is 3.63. The van der Waals surface area contributed by atoms with Gasteiger partial charge in [0, 0.05) is 23.0 Å². The number of methoxy groups -OCH3 is 1. The van der Waals surface area contributed by atoms with Gasteiger partial charge in [0.1, 0.15) is 5.75 Å². The van der Waals surface area contributed by atoms with Crippen LogP contribution in [0, 0.1) is 5.92 Å². The van der Waals surface area contributed by atoms with Gasteiger partial charge in [0.25, 0.3) is 0 Å². The zero-order valence-electron chi connectivity index (χ0n) is 12.5. The lowest BCUT2D eigenvalue weighted by Gasteiger charge is -2.27. The highest BCUT2D eigenvalue weighted by atomic mass is 79.9. The van der Waals surface area contributed by atoms with Crippen LogP contribution in [-0.2, 0) is 11.2 Å². The van der Waals surface area contributed by atoms with Crippen molar-refractivity contribution in [3.05, 3.63) is 28.2 Å². The third-order valence-electron chi connectivity index (χ3n) is 4.11. The van der Waals surface area contributed by atoms with Gasteiger partial charge in [-0.3, -0.25) is 0 Å². The van der Waals surface area contributed by atoms with E-state index in [1.165, 1.54) is 5.56 Å². The monoisotopic (exact) mass is 341 g/mol. The van der Waals surface area contributed by atoms with Crippen LogP contribution < -0.4 is 10.1 Å². The van der Waals surface area contributed by atoms with Crippen LogP contribution in [0.5, 0.6) is 5.75 Å². The molecule has 0 radical (unpaired) electrons. The smallest absolute Gasteiger partial charge is 0.119 e. The highest BCUT2D eigenvalue weighted by molar-refractivity contribution is 9.10. The molecule has 112 valence electrons. The van der Waals surface area contributed by atoms with Crippen LogP contribution in [0.4, 0.5) is 0 Å². The van der Waals surface area contributed by atoms with E-state index in [2.05, 4.69) is 47.2 Å². The van der Waals surface area contributed by atoms with E-state index in [4.69, 9.17) is 9.47 Å². The van der Waals surface area contributed by atoms with Crippen molar-refractivity contribution >= 4 is 15.9 Å². The Morgan fingerprint density at radius 2 is 2.30 bits per heavy atom. The lowest BCUT2D eigenvalue weighted by molar-refractivity contribution is 0.0955. The van der Waals surface area contributed by atoms with Crippen LogP contribution in [0.1, 0.15) is 25.8 Å². The molecule has 2 rings (SSSR count). The number of benzene rings is 1. The number of likely N-dealkylation sites (N-methyl/N-ethyl adjacent to an activating group) is 1. The van der Waals surface area contributed by atoms with Gasteiger partial charge < -0.3 is 14.8 Å². The second-order valence-electron chi connectivity index (χ2n) is 5.35. The Morgan fingerprint density at radius 3 is 2.90 bits per heavy atom. The van der Waals surface area contributed by atoms with Crippen molar-refractivity contribution in [3.63, 3.8) is 0 Å². The number of hydrogen-bond acceptors (Lipinski definition) is 3. The fourth-order valence-electron chi connectivity index (χ4n) is 2.99. The summed E-state index contributed by atoms with van der Waals surface area (Å²) in [6.07, 6.45) is 2.47. The molecule has 0 amide bonds. The first-order chi connectivity index (χ1) is 9.65. The predicted octanol–water partition coefficient (Wildman–Crippen LogP) is 3.40. The third-order valence-corrected chi connectivity index (χ3v) is 4.88. The molecule has 1 saturated heterocycles. The summed E-state index contributed by atoms with van der Waals surface area (Å²) in [7, 11) is 1.71. The van der Waals surface area contributed by atoms with Gasteiger partial charge in [0.15, 0.2) is 0 Å². The topological polar surface area (TPSA) is 30.5 Å². The quantitative estimate of drug-likeness (QED) is 0.860. The summed E-state index contributed by atoms with van der Waals surface area (Å²) in [5.41, 5.74) is 1.29. The van der Waals surface area contributed by atoms with E-state index in [9.17, 15) is 0 Å². The minimum Gasteiger partial charge on any atom is -0.497 e. The Morgan fingerprint density at radius 1 is 1.50 bits per heavy atom. The molecule has 0 aromatic heterocycles. The van der Waals surface area contributed by atoms with Crippen LogP contribution in [0.15, 0.2) is 22.7 Å². The van der Waals surface area contributed by atoms with Crippen molar-refractivity contribution in [2.45, 2.75) is 38.8 Å². The molecule has 0 spiro atoms. The van der Waals surface area contributed by atoms with Gasteiger partial charge in [0.05, 0.1) is 13.2 Å². The first kappa shape index (κ1) is 15.8. The van der Waals surface area contributed by atoms with E-state index < -0.39 is 0 Å². The fourth-order valence-corrected chi connectivity index (χ4v) is 3.39. The number of ether oxygens (including phenoxy) is 2. The predicted molar refractivity (Wildman–Crippen MR) is 85.4 cm³/mol. The summed E-state index contributed by atoms with van der Waals surface area (Å²) >= 11 is 3.65. The molecule has 1 aromatic carbocycles. The second kappa shape index (κ2) is 7.43. The number of rotatable bonds is 6. The Kier molecular flexibility index (Phi) is 5.87. The highest BCUT2D eigenvalue weighted by Gasteiger charge is 2.31. The minimum atomic E-state index is 0.337. The Labute approximate surface area is 130 Å². The normalized spacial score (nSPS) is 23.8. The summed E-state index contributed by atoms with van der Waals surface area (Å²) in [5.74, 6) is 1.49. The standard InChI is InChI=1S/C16H24BrNO2/c1-4-18-16(14-7-8-20-11(14)2)10-12-9-13(19-3)5-6-15(12)17/h5-6,9,11,14,16,18H,4,7-8,10H2,1-3H3. The maximum Gasteiger partial charge on any atom is 0.119 e. The van der Waals surface area contributed by atoms with Gasteiger partial charge in [-0.05, 0) is 50.1 Å². The van der Waals surface area contributed by atoms with E-state index in [0.29, 0.717) is 18.1 Å². The second-order valence-corrected chi connectivity index (χ2v) is 6.21. The van der Waals surface area contributed by atoms with Gasteiger partial charge in [-0.1, -0.05) is 22.9 Å². The van der Waals surface area contributed by atoms with Gasteiger partial charge in [-0.15, -0.1) is 0 Å². The molecule has 1 fully saturated rings. The van der Waals surface area contributed by atoms with Crippen molar-refractivity contribution in [1.82, 2.24) is 5.32 Å². The summed E-state index contributed by atoms with van der Waals surface area (Å²) in [4.78, 5) is 0. The summed E-state index contributed by atoms with van der Waals surface area (Å²) in [6, 6.07) is 6.61. The van der Waals surface area contributed by atoms with E-state index in [1.54, 1.807) is 7.11 Å². The first-order valence-corrected chi connectivity index (χ1v) is 8.12. The largest absolute Gasteiger partial charge is 0.497 e. The molecule has 3 unspecified atom stereocenters. The average Bonchev–Trinajstić information content (AvgIpc) is 2.86. The van der Waals surface area contributed by atoms with Crippen molar-refractivity contribution < 1.29 is 9.47 Å². The fraction of sp³-hybridized carbons (Fsp3) is 0.625. The van der Waals surface area contributed by atoms with Crippen LogP contribution in [0.25, 0.3) is 0 Å². The molecule has 3 atom stereocenters. The number of halogens is 1. The zero-order chi connectivity index (χ0) is 14.5. The van der Waals surface area contributed by atoms with Crippen molar-refractivity contribution in [1.29, 1.82) is 0 Å². The molecular formula is C16H24BrNO2. The van der Waals surface area contributed by atoms with Crippen LogP contribution in [0.2, 0.25) is 0 Å². The molecule has 1 N–H and O–H groups in total. The van der Waals surface area contributed by atoms with Crippen LogP contribution in [0.3, 0.4) is 0 Å². The van der Waals surface area contributed by atoms with Crippen molar-refractivity contribution in [3.8, 4) is 5.75 Å². The summed E-state index contributed by atoms with van der Waals surface area (Å²) < 4.78 is 12.2. The molecule has 20 heavy (non-hydrogen) atoms. The zero-order valence-corrected chi connectivity index (χ0v) is 14.1. The minimum absolute atomic E-state index is 0.337. The highest BCUT2D eigenvalue weighted by Crippen LogP contribution is 2.29. The molecular weight excluding hydrogens is 318 g/mol. The Hall–Kier alpha value is -0.580. The van der Waals surface area contributed by atoms with E-state index >= 15 is 0 Å². The third kappa shape index (κ3) is 3.74. The van der Waals surface area contributed by atoms with Crippen molar-refractivity contribution in [2.75, 3.05) is 20.3 Å². The van der Waals surface area contributed by atoms with E-state index in [-0.39, 0.29) is 0 Å². The first-order valence-electron chi connectivity index (χ1n) is 7.33. The Bertz CT molecular complexity index is 438. The lowest BCUT2D eigenvalue weighted by Crippen LogP contribution is -2.40. The molecule has 0 aliphatic carbocycles. The average molecular weight is 342 g/mol. The molecule has 0 saturated carbocycles. The molecule has 0 bridgehead atoms. The molecule has 1 aromatic rings. The molecule has 3 nitrogen and oxygen atoms in total. The van der Waals surface area contributed by atoms with Crippen LogP contribution >= 0.6 is 15.9 Å². The molecule has 1 heterocycles. The summed E-state index contributed by atoms with van der Waals surface area (Å²) in [6.45, 7) is 6.21. The van der Waals surface area contributed by atoms with Crippen LogP contribution in [-0.4, -0.2) is 32.4 Å². The molecule has 4 heteroatoms. The SMILES string of the molecule is CCNC(Cc1cc(OC)ccc1Br)C1CCOC1C.